The first-order valence-corrected chi connectivity index (χ1v) is 9.58. The number of carbonyl (C=O) groups excluding carboxylic acids is 1. The number of hydrogen-bond donors (Lipinski definition) is 1. The van der Waals surface area contributed by atoms with Crippen molar-refractivity contribution in [2.75, 3.05) is 6.61 Å². The lowest BCUT2D eigenvalue weighted by atomic mass is 9.85. The minimum absolute atomic E-state index is 0.00361. The minimum Gasteiger partial charge on any atom is -0.459 e. The van der Waals surface area contributed by atoms with Gasteiger partial charge in [0.25, 0.3) is 0 Å². The molecular weight excluding hydrogens is 290 g/mol. The highest BCUT2D eigenvalue weighted by atomic mass is 16.6. The molecule has 2 rings (SSSR count). The molecule has 0 unspecified atom stereocenters. The number of nitrogens with two attached hydrogens (primary N) is 1. The molecule has 0 heterocycles. The molecule has 4 nitrogen and oxygen atoms in total. The summed E-state index contributed by atoms with van der Waals surface area (Å²) in [5.74, 6) is 1.68. The van der Waals surface area contributed by atoms with Gasteiger partial charge in [0, 0.05) is 6.61 Å². The van der Waals surface area contributed by atoms with E-state index in [1.807, 2.05) is 6.92 Å². The monoisotopic (exact) mass is 325 g/mol. The van der Waals surface area contributed by atoms with Crippen LogP contribution in [0.4, 0.5) is 0 Å². The van der Waals surface area contributed by atoms with Crippen molar-refractivity contribution >= 4 is 5.97 Å². The highest BCUT2D eigenvalue weighted by Gasteiger charge is 2.34. The molecule has 0 aromatic carbocycles. The Kier molecular flexibility index (Phi) is 7.35. The zero-order valence-electron chi connectivity index (χ0n) is 15.1. The van der Waals surface area contributed by atoms with Gasteiger partial charge in [0.15, 0.2) is 0 Å². The van der Waals surface area contributed by atoms with Crippen LogP contribution in [0.25, 0.3) is 0 Å². The predicted octanol–water partition coefficient (Wildman–Crippen LogP) is 3.67. The maximum Gasteiger partial charge on any atom is 0.322 e. The summed E-state index contributed by atoms with van der Waals surface area (Å²) >= 11 is 0. The second-order valence-corrected chi connectivity index (χ2v) is 7.73. The Balaban J connectivity index is 1.95. The Labute approximate surface area is 141 Å². The predicted molar refractivity (Wildman–Crippen MR) is 92.0 cm³/mol. The average molecular weight is 325 g/mol. The van der Waals surface area contributed by atoms with Gasteiger partial charge < -0.3 is 15.2 Å². The SMILES string of the molecule is CC[C@H](CC1CCCC1)[C@@H](OCC1CC1)[C@H](C)OC(=O)[C@H](C)N. The van der Waals surface area contributed by atoms with E-state index in [2.05, 4.69) is 6.92 Å². The van der Waals surface area contributed by atoms with Crippen LogP contribution < -0.4 is 5.73 Å². The van der Waals surface area contributed by atoms with Gasteiger partial charge in [-0.2, -0.15) is 0 Å². The van der Waals surface area contributed by atoms with Gasteiger partial charge in [0.05, 0.1) is 6.10 Å². The van der Waals surface area contributed by atoms with E-state index < -0.39 is 6.04 Å². The first kappa shape index (κ1) is 18.7. The van der Waals surface area contributed by atoms with E-state index in [1.54, 1.807) is 6.92 Å². The van der Waals surface area contributed by atoms with Crippen LogP contribution >= 0.6 is 0 Å². The largest absolute Gasteiger partial charge is 0.459 e. The summed E-state index contributed by atoms with van der Waals surface area (Å²) in [4.78, 5) is 11.9. The molecule has 0 aromatic heterocycles. The summed E-state index contributed by atoms with van der Waals surface area (Å²) in [6.07, 6.45) is 10.0. The first-order valence-electron chi connectivity index (χ1n) is 9.58. The van der Waals surface area contributed by atoms with Crippen molar-refractivity contribution in [2.45, 2.75) is 90.4 Å². The third-order valence-electron chi connectivity index (χ3n) is 5.46. The molecule has 0 aliphatic heterocycles. The van der Waals surface area contributed by atoms with Crippen molar-refractivity contribution in [1.29, 1.82) is 0 Å². The van der Waals surface area contributed by atoms with Crippen molar-refractivity contribution in [3.63, 3.8) is 0 Å². The minimum atomic E-state index is -0.573. The highest BCUT2D eigenvalue weighted by Crippen LogP contribution is 2.36. The molecule has 0 amide bonds. The summed E-state index contributed by atoms with van der Waals surface area (Å²) < 4.78 is 11.8. The maximum atomic E-state index is 11.9. The van der Waals surface area contributed by atoms with Gasteiger partial charge >= 0.3 is 5.97 Å². The third kappa shape index (κ3) is 6.07. The van der Waals surface area contributed by atoms with Crippen LogP contribution in [-0.4, -0.2) is 30.8 Å². The fraction of sp³-hybridized carbons (Fsp3) is 0.947. The van der Waals surface area contributed by atoms with E-state index in [0.29, 0.717) is 5.92 Å². The molecule has 0 bridgehead atoms. The van der Waals surface area contributed by atoms with Crippen molar-refractivity contribution in [3.05, 3.63) is 0 Å². The van der Waals surface area contributed by atoms with E-state index in [9.17, 15) is 4.79 Å². The van der Waals surface area contributed by atoms with Crippen LogP contribution in [0, 0.1) is 17.8 Å². The summed E-state index contributed by atoms with van der Waals surface area (Å²) in [5.41, 5.74) is 5.64. The van der Waals surface area contributed by atoms with Crippen LogP contribution in [0.5, 0.6) is 0 Å². The van der Waals surface area contributed by atoms with Gasteiger partial charge in [-0.1, -0.05) is 39.0 Å². The number of rotatable bonds is 10. The van der Waals surface area contributed by atoms with E-state index in [-0.39, 0.29) is 18.2 Å². The van der Waals surface area contributed by atoms with E-state index in [0.717, 1.165) is 24.9 Å². The molecule has 4 heteroatoms. The molecule has 0 aromatic rings. The van der Waals surface area contributed by atoms with Crippen LogP contribution in [0.1, 0.15) is 72.1 Å². The molecule has 0 spiro atoms. The van der Waals surface area contributed by atoms with Gasteiger partial charge in [-0.05, 0) is 50.9 Å². The van der Waals surface area contributed by atoms with Crippen molar-refractivity contribution < 1.29 is 14.3 Å². The molecule has 2 N–H and O–H groups in total. The van der Waals surface area contributed by atoms with Gasteiger partial charge in [-0.15, -0.1) is 0 Å². The van der Waals surface area contributed by atoms with E-state index in [1.165, 1.54) is 44.9 Å². The van der Waals surface area contributed by atoms with Crippen LogP contribution in [0.2, 0.25) is 0 Å². The molecule has 2 fully saturated rings. The molecule has 0 saturated heterocycles. The number of carbonyl (C=O) groups is 1. The lowest BCUT2D eigenvalue weighted by molar-refractivity contribution is -0.161. The smallest absolute Gasteiger partial charge is 0.322 e. The maximum absolute atomic E-state index is 11.9. The summed E-state index contributed by atoms with van der Waals surface area (Å²) in [5, 5.41) is 0. The molecule has 134 valence electrons. The standard InChI is InChI=1S/C19H35NO3/c1-4-17(11-15-7-5-6-8-15)18(22-12-16-9-10-16)14(3)23-19(21)13(2)20/h13-18H,4-12,20H2,1-3H3/t13-,14-,17+,18-/m0/s1. The fourth-order valence-corrected chi connectivity index (χ4v) is 3.75. The molecule has 0 radical (unpaired) electrons. The Hall–Kier alpha value is -0.610. The number of hydrogen-bond acceptors (Lipinski definition) is 4. The Morgan fingerprint density at radius 3 is 2.30 bits per heavy atom. The molecule has 23 heavy (non-hydrogen) atoms. The average Bonchev–Trinajstić information content (AvgIpc) is 3.20. The molecule has 2 aliphatic carbocycles. The van der Waals surface area contributed by atoms with Crippen LogP contribution in [-0.2, 0) is 14.3 Å². The van der Waals surface area contributed by atoms with Crippen molar-refractivity contribution in [2.24, 2.45) is 23.5 Å². The second kappa shape index (κ2) is 9.03. The molecule has 4 atom stereocenters. The zero-order chi connectivity index (χ0) is 16.8. The Morgan fingerprint density at radius 2 is 1.78 bits per heavy atom. The van der Waals surface area contributed by atoms with Gasteiger partial charge in [0.1, 0.15) is 12.1 Å². The second-order valence-electron chi connectivity index (χ2n) is 7.73. The fourth-order valence-electron chi connectivity index (χ4n) is 3.75. The first-order chi connectivity index (χ1) is 11.0. The third-order valence-corrected chi connectivity index (χ3v) is 5.46. The molecule has 2 aliphatic rings. The van der Waals surface area contributed by atoms with Crippen LogP contribution in [0.15, 0.2) is 0 Å². The quantitative estimate of drug-likeness (QED) is 0.623. The summed E-state index contributed by atoms with van der Waals surface area (Å²) in [6, 6.07) is -0.573. The number of ether oxygens (including phenoxy) is 2. The van der Waals surface area contributed by atoms with Gasteiger partial charge in [-0.3, -0.25) is 4.79 Å². The Morgan fingerprint density at radius 1 is 1.13 bits per heavy atom. The zero-order valence-corrected chi connectivity index (χ0v) is 15.1. The highest BCUT2D eigenvalue weighted by molar-refractivity contribution is 5.75. The summed E-state index contributed by atoms with van der Waals surface area (Å²) in [6.45, 7) is 6.68. The van der Waals surface area contributed by atoms with Crippen molar-refractivity contribution in [1.82, 2.24) is 0 Å². The lowest BCUT2D eigenvalue weighted by Crippen LogP contribution is -2.41. The topological polar surface area (TPSA) is 61.5 Å². The number of esters is 1. The lowest BCUT2D eigenvalue weighted by Gasteiger charge is -2.33. The van der Waals surface area contributed by atoms with Gasteiger partial charge in [-0.25, -0.2) is 0 Å². The Bertz CT molecular complexity index is 362. The molecule has 2 saturated carbocycles. The van der Waals surface area contributed by atoms with Crippen LogP contribution in [0.3, 0.4) is 0 Å². The van der Waals surface area contributed by atoms with E-state index in [4.69, 9.17) is 15.2 Å². The van der Waals surface area contributed by atoms with Crippen molar-refractivity contribution in [3.8, 4) is 0 Å². The summed E-state index contributed by atoms with van der Waals surface area (Å²) in [7, 11) is 0. The van der Waals surface area contributed by atoms with Gasteiger partial charge in [0.2, 0.25) is 0 Å². The normalized spacial score (nSPS) is 24.2. The van der Waals surface area contributed by atoms with E-state index >= 15 is 0 Å². The molecular formula is C19H35NO3.